The Kier molecular flexibility index (Phi) is 11.3. The predicted octanol–water partition coefficient (Wildman–Crippen LogP) is 6.96. The number of allylic oxidation sites excluding steroid dienone is 9. The van der Waals surface area contributed by atoms with Gasteiger partial charge in [-0.25, -0.2) is 0 Å². The van der Waals surface area contributed by atoms with Crippen molar-refractivity contribution >= 4 is 6.21 Å². The summed E-state index contributed by atoms with van der Waals surface area (Å²) in [6.45, 7) is 16.7. The van der Waals surface area contributed by atoms with Crippen molar-refractivity contribution in [2.24, 2.45) is 4.99 Å². The fraction of sp³-hybridized carbons (Fsp3) is 0.435. The Balaban J connectivity index is 5.73. The summed E-state index contributed by atoms with van der Waals surface area (Å²) in [4.78, 5) is 4.49. The van der Waals surface area contributed by atoms with Crippen molar-refractivity contribution in [2.45, 2.75) is 67.2 Å². The molecule has 0 bridgehead atoms. The molecule has 0 aliphatic rings. The minimum Gasteiger partial charge on any atom is -0.266 e. The van der Waals surface area contributed by atoms with Gasteiger partial charge >= 0.3 is 0 Å². The van der Waals surface area contributed by atoms with Crippen LogP contribution in [0.1, 0.15) is 67.2 Å². The molecule has 0 radical (unpaired) electrons. The van der Waals surface area contributed by atoms with Gasteiger partial charge in [-0.3, -0.25) is 4.99 Å². The standard InChI is InChI=1S/C23H33N/c1-9-14-21(11-3)17-23(20(8)24-13-5)19(7)16-22(12-4)15-18(6)10-2/h2,12-13,15,17H,7,9,11,14,16H2,1,3-6,8H3/b18-15-,21-17-,22-12+,23-20-,24-13-. The van der Waals surface area contributed by atoms with Gasteiger partial charge in [0.1, 0.15) is 0 Å². The van der Waals surface area contributed by atoms with Crippen molar-refractivity contribution in [2.75, 3.05) is 0 Å². The Morgan fingerprint density at radius 1 is 1.17 bits per heavy atom. The van der Waals surface area contributed by atoms with E-state index in [1.807, 2.05) is 33.9 Å². The Labute approximate surface area is 149 Å². The molecule has 0 aromatic carbocycles. The van der Waals surface area contributed by atoms with Crippen LogP contribution in [0, 0.1) is 12.3 Å². The molecular weight excluding hydrogens is 290 g/mol. The lowest BCUT2D eigenvalue weighted by Crippen LogP contribution is -1.95. The van der Waals surface area contributed by atoms with Crippen molar-refractivity contribution in [3.63, 3.8) is 0 Å². The smallest absolute Gasteiger partial charge is 0.0443 e. The fourth-order valence-electron chi connectivity index (χ4n) is 2.50. The third kappa shape index (κ3) is 7.97. The van der Waals surface area contributed by atoms with E-state index in [-0.39, 0.29) is 0 Å². The van der Waals surface area contributed by atoms with Gasteiger partial charge < -0.3 is 0 Å². The Morgan fingerprint density at radius 2 is 1.83 bits per heavy atom. The van der Waals surface area contributed by atoms with E-state index in [2.05, 4.69) is 49.6 Å². The van der Waals surface area contributed by atoms with E-state index in [1.54, 1.807) is 0 Å². The second kappa shape index (κ2) is 12.4. The molecule has 1 nitrogen and oxygen atoms in total. The van der Waals surface area contributed by atoms with Crippen molar-refractivity contribution in [1.82, 2.24) is 0 Å². The minimum absolute atomic E-state index is 0.779. The molecule has 0 N–H and O–H groups in total. The lowest BCUT2D eigenvalue weighted by molar-refractivity contribution is 0.856. The van der Waals surface area contributed by atoms with Crippen LogP contribution in [0.3, 0.4) is 0 Å². The van der Waals surface area contributed by atoms with Crippen LogP contribution in [0.2, 0.25) is 0 Å². The van der Waals surface area contributed by atoms with E-state index in [0.29, 0.717) is 0 Å². The lowest BCUT2D eigenvalue weighted by atomic mass is 9.94. The quantitative estimate of drug-likeness (QED) is 0.247. The molecule has 0 rings (SSSR count). The maximum Gasteiger partial charge on any atom is 0.0443 e. The van der Waals surface area contributed by atoms with Crippen LogP contribution >= 0.6 is 0 Å². The van der Waals surface area contributed by atoms with E-state index in [4.69, 9.17) is 6.42 Å². The van der Waals surface area contributed by atoms with Gasteiger partial charge in [-0.05, 0) is 75.3 Å². The van der Waals surface area contributed by atoms with Crippen molar-refractivity contribution in [3.8, 4) is 12.3 Å². The highest BCUT2D eigenvalue weighted by Gasteiger charge is 2.08. The van der Waals surface area contributed by atoms with Gasteiger partial charge in [0.15, 0.2) is 0 Å². The molecular formula is C23H33N. The molecule has 0 heterocycles. The first kappa shape index (κ1) is 21.9. The van der Waals surface area contributed by atoms with E-state index in [0.717, 1.165) is 48.1 Å². The number of aliphatic imine (C=N–C) groups is 1. The molecule has 0 saturated carbocycles. The van der Waals surface area contributed by atoms with Gasteiger partial charge in [0.05, 0.1) is 0 Å². The summed E-state index contributed by atoms with van der Waals surface area (Å²) in [6.07, 6.45) is 17.8. The molecule has 0 unspecified atom stereocenters. The Bertz CT molecular complexity index is 613. The highest BCUT2D eigenvalue weighted by molar-refractivity contribution is 5.57. The fourth-order valence-corrected chi connectivity index (χ4v) is 2.50. The maximum absolute atomic E-state index is 5.46. The molecule has 0 spiro atoms. The first-order valence-corrected chi connectivity index (χ1v) is 8.80. The molecule has 24 heavy (non-hydrogen) atoms. The second-order valence-corrected chi connectivity index (χ2v) is 5.91. The van der Waals surface area contributed by atoms with Crippen molar-refractivity contribution in [3.05, 3.63) is 58.4 Å². The highest BCUT2D eigenvalue weighted by Crippen LogP contribution is 2.26. The number of terminal acetylenes is 1. The first-order chi connectivity index (χ1) is 11.4. The highest BCUT2D eigenvalue weighted by atomic mass is 14.7. The van der Waals surface area contributed by atoms with Crippen LogP contribution in [-0.4, -0.2) is 6.21 Å². The number of rotatable bonds is 9. The summed E-state index contributed by atoms with van der Waals surface area (Å²) in [5.74, 6) is 2.68. The molecule has 0 aliphatic carbocycles. The zero-order valence-electron chi connectivity index (χ0n) is 16.4. The van der Waals surface area contributed by atoms with E-state index < -0.39 is 0 Å². The van der Waals surface area contributed by atoms with E-state index in [1.165, 1.54) is 11.1 Å². The SMILES string of the molecule is C#C/C(C)=C\C(=C/C)CC(=C)C(/C=C(/CC)CCC)=C(C)\N=C/C. The predicted molar refractivity (Wildman–Crippen MR) is 110 cm³/mol. The normalized spacial score (nSPS) is 14.6. The van der Waals surface area contributed by atoms with Gasteiger partial charge in [0, 0.05) is 11.9 Å². The molecule has 0 aliphatic heterocycles. The van der Waals surface area contributed by atoms with Crippen LogP contribution in [0.4, 0.5) is 0 Å². The summed E-state index contributed by atoms with van der Waals surface area (Å²) >= 11 is 0. The second-order valence-electron chi connectivity index (χ2n) is 5.91. The maximum atomic E-state index is 5.46. The zero-order valence-corrected chi connectivity index (χ0v) is 16.4. The number of nitrogens with zero attached hydrogens (tertiary/aromatic N) is 1. The van der Waals surface area contributed by atoms with Crippen LogP contribution in [0.5, 0.6) is 0 Å². The Hall–Kier alpha value is -2.07. The van der Waals surface area contributed by atoms with Gasteiger partial charge in [-0.15, -0.1) is 6.42 Å². The third-order valence-corrected chi connectivity index (χ3v) is 3.89. The van der Waals surface area contributed by atoms with Gasteiger partial charge in [-0.1, -0.05) is 50.5 Å². The minimum atomic E-state index is 0.779. The van der Waals surface area contributed by atoms with Gasteiger partial charge in [-0.2, -0.15) is 0 Å². The van der Waals surface area contributed by atoms with Crippen molar-refractivity contribution < 1.29 is 0 Å². The molecule has 0 aromatic heterocycles. The van der Waals surface area contributed by atoms with Crippen LogP contribution < -0.4 is 0 Å². The molecule has 0 fully saturated rings. The molecule has 0 saturated heterocycles. The topological polar surface area (TPSA) is 12.4 Å². The van der Waals surface area contributed by atoms with Crippen molar-refractivity contribution in [1.29, 1.82) is 0 Å². The molecule has 1 heteroatoms. The lowest BCUT2D eigenvalue weighted by Gasteiger charge is -2.13. The number of hydrogen-bond donors (Lipinski definition) is 0. The van der Waals surface area contributed by atoms with Crippen LogP contribution in [0.25, 0.3) is 0 Å². The molecule has 0 atom stereocenters. The summed E-state index contributed by atoms with van der Waals surface area (Å²) < 4.78 is 0. The molecule has 0 aromatic rings. The summed E-state index contributed by atoms with van der Waals surface area (Å²) in [5.41, 5.74) is 6.79. The van der Waals surface area contributed by atoms with E-state index >= 15 is 0 Å². The van der Waals surface area contributed by atoms with Crippen LogP contribution in [0.15, 0.2) is 63.4 Å². The summed E-state index contributed by atoms with van der Waals surface area (Å²) in [5, 5.41) is 0. The molecule has 130 valence electrons. The third-order valence-electron chi connectivity index (χ3n) is 3.89. The Morgan fingerprint density at radius 3 is 2.29 bits per heavy atom. The largest absolute Gasteiger partial charge is 0.266 e. The zero-order chi connectivity index (χ0) is 18.5. The average Bonchev–Trinajstić information content (AvgIpc) is 2.57. The average molecular weight is 324 g/mol. The van der Waals surface area contributed by atoms with Gasteiger partial charge in [0.2, 0.25) is 0 Å². The number of hydrogen-bond acceptors (Lipinski definition) is 1. The molecule has 0 amide bonds. The van der Waals surface area contributed by atoms with Gasteiger partial charge in [0.25, 0.3) is 0 Å². The first-order valence-electron chi connectivity index (χ1n) is 8.80. The summed E-state index contributed by atoms with van der Waals surface area (Å²) in [7, 11) is 0. The summed E-state index contributed by atoms with van der Waals surface area (Å²) in [6, 6.07) is 0. The van der Waals surface area contributed by atoms with Crippen LogP contribution in [-0.2, 0) is 0 Å². The monoisotopic (exact) mass is 323 g/mol. The van der Waals surface area contributed by atoms with E-state index in [9.17, 15) is 0 Å².